The average molecular weight is 384 g/mol. The molecular formula is C22H28N2O4. The predicted octanol–water partition coefficient (Wildman–Crippen LogP) is 5.82. The fourth-order valence-corrected chi connectivity index (χ4v) is 3.29. The molecule has 0 heterocycles. The van der Waals surface area contributed by atoms with Gasteiger partial charge < -0.3 is 10.3 Å². The molecule has 28 heavy (non-hydrogen) atoms. The lowest BCUT2D eigenvalue weighted by Crippen LogP contribution is -2.06. The number of benzene rings is 2. The maximum absolute atomic E-state index is 11.4. The quantitative estimate of drug-likeness (QED) is 0.168. The summed E-state index contributed by atoms with van der Waals surface area (Å²) >= 11 is 0. The Balaban J connectivity index is 2.20. The van der Waals surface area contributed by atoms with Gasteiger partial charge in [-0.2, -0.15) is 0 Å². The van der Waals surface area contributed by atoms with Crippen molar-refractivity contribution in [3.05, 3.63) is 69.3 Å². The molecule has 0 atom stereocenters. The molecule has 0 fully saturated rings. The highest BCUT2D eigenvalue weighted by Crippen LogP contribution is 2.33. The lowest BCUT2D eigenvalue weighted by Gasteiger charge is -2.11. The summed E-state index contributed by atoms with van der Waals surface area (Å²) in [5.74, 6) is -0.482. The fourth-order valence-electron chi connectivity index (χ4n) is 3.29. The Bertz CT molecular complexity index is 804. The normalized spacial score (nSPS) is 11.5. The topological polar surface area (TPSA) is 96.0 Å². The van der Waals surface area contributed by atoms with E-state index in [9.17, 15) is 20.4 Å². The highest BCUT2D eigenvalue weighted by molar-refractivity contribution is 6.14. The highest BCUT2D eigenvalue weighted by Gasteiger charge is 2.23. The van der Waals surface area contributed by atoms with Crippen molar-refractivity contribution < 1.29 is 15.2 Å². The minimum absolute atomic E-state index is 0.114. The van der Waals surface area contributed by atoms with E-state index < -0.39 is 10.7 Å². The summed E-state index contributed by atoms with van der Waals surface area (Å²) in [6, 6.07) is 11.9. The Kier molecular flexibility index (Phi) is 8.46. The van der Waals surface area contributed by atoms with Gasteiger partial charge in [-0.3, -0.25) is 10.1 Å². The van der Waals surface area contributed by atoms with Crippen LogP contribution in [0.25, 0.3) is 0 Å². The second-order valence-corrected chi connectivity index (χ2v) is 6.95. The first-order chi connectivity index (χ1) is 13.6. The monoisotopic (exact) mass is 384 g/mol. The first-order valence-corrected chi connectivity index (χ1v) is 9.86. The van der Waals surface area contributed by atoms with Crippen LogP contribution in [0.2, 0.25) is 0 Å². The minimum Gasteiger partial charge on any atom is -0.502 e. The highest BCUT2D eigenvalue weighted by atomic mass is 16.6. The summed E-state index contributed by atoms with van der Waals surface area (Å²) in [6.07, 6.45) is 8.75. The number of phenolic OH excluding ortho intramolecular Hbond substituents is 1. The number of nitro benzene ring substituents is 1. The molecule has 0 amide bonds. The molecule has 0 unspecified atom stereocenters. The second kappa shape index (κ2) is 11.1. The van der Waals surface area contributed by atoms with Gasteiger partial charge in [-0.15, -0.1) is 0 Å². The number of aromatic hydroxyl groups is 1. The van der Waals surface area contributed by atoms with Gasteiger partial charge in [0.05, 0.1) is 10.5 Å². The summed E-state index contributed by atoms with van der Waals surface area (Å²) in [6.45, 7) is 2.19. The number of rotatable bonds is 11. The van der Waals surface area contributed by atoms with Crippen LogP contribution in [0.15, 0.2) is 47.6 Å². The zero-order valence-corrected chi connectivity index (χ0v) is 16.3. The van der Waals surface area contributed by atoms with E-state index >= 15 is 0 Å². The lowest BCUT2D eigenvalue weighted by atomic mass is 9.96. The third-order valence-corrected chi connectivity index (χ3v) is 4.82. The van der Waals surface area contributed by atoms with Crippen LogP contribution in [0.5, 0.6) is 5.75 Å². The van der Waals surface area contributed by atoms with Crippen molar-refractivity contribution in [2.75, 3.05) is 0 Å². The maximum Gasteiger partial charge on any atom is 0.311 e. The SMILES string of the molecule is CCCCCCCCCc1cc(C(=NO)c2ccccc2)c(O)c([N+](=O)[O-])c1. The molecule has 0 saturated heterocycles. The van der Waals surface area contributed by atoms with Crippen molar-refractivity contribution in [2.24, 2.45) is 5.16 Å². The molecule has 2 rings (SSSR count). The summed E-state index contributed by atoms with van der Waals surface area (Å²) in [7, 11) is 0. The van der Waals surface area contributed by atoms with Gasteiger partial charge in [0.15, 0.2) is 0 Å². The van der Waals surface area contributed by atoms with Crippen LogP contribution in [0.1, 0.15) is 68.6 Å². The first kappa shape index (κ1) is 21.4. The van der Waals surface area contributed by atoms with E-state index in [-0.39, 0.29) is 17.0 Å². The molecule has 0 aromatic heterocycles. The number of nitrogens with zero attached hydrogens (tertiary/aromatic N) is 2. The maximum atomic E-state index is 11.4. The number of oxime groups is 1. The molecule has 6 nitrogen and oxygen atoms in total. The van der Waals surface area contributed by atoms with Crippen LogP contribution in [-0.2, 0) is 6.42 Å². The van der Waals surface area contributed by atoms with Gasteiger partial charge in [-0.05, 0) is 24.5 Å². The molecule has 150 valence electrons. The van der Waals surface area contributed by atoms with Crippen LogP contribution in [0.4, 0.5) is 5.69 Å². The molecule has 0 radical (unpaired) electrons. The molecule has 0 aliphatic rings. The zero-order chi connectivity index (χ0) is 20.4. The zero-order valence-electron chi connectivity index (χ0n) is 16.3. The molecule has 0 aliphatic heterocycles. The third kappa shape index (κ3) is 5.81. The lowest BCUT2D eigenvalue weighted by molar-refractivity contribution is -0.385. The number of aryl methyl sites for hydroxylation is 1. The van der Waals surface area contributed by atoms with Crippen molar-refractivity contribution in [1.29, 1.82) is 0 Å². The molecular weight excluding hydrogens is 356 g/mol. The number of hydrogen-bond acceptors (Lipinski definition) is 5. The number of hydrogen-bond donors (Lipinski definition) is 2. The standard InChI is InChI=1S/C22H28N2O4/c1-2-3-4-5-6-7-9-12-17-15-19(22(25)20(16-17)24(27)28)21(23-26)18-13-10-8-11-14-18/h8,10-11,13-16,25-26H,2-7,9,12H2,1H3. The Labute approximate surface area is 165 Å². The number of unbranched alkanes of at least 4 members (excludes halogenated alkanes) is 6. The molecule has 0 saturated carbocycles. The van der Waals surface area contributed by atoms with Gasteiger partial charge in [-0.25, -0.2) is 0 Å². The van der Waals surface area contributed by atoms with Crippen LogP contribution in [0, 0.1) is 10.1 Å². The van der Waals surface area contributed by atoms with E-state index in [1.807, 2.05) is 6.07 Å². The Morgan fingerprint density at radius 2 is 1.68 bits per heavy atom. The molecule has 2 N–H and O–H groups in total. The summed E-state index contributed by atoms with van der Waals surface area (Å²) in [5, 5.41) is 34.6. The van der Waals surface area contributed by atoms with E-state index in [2.05, 4.69) is 12.1 Å². The van der Waals surface area contributed by atoms with Crippen LogP contribution in [0.3, 0.4) is 0 Å². The molecule has 6 heteroatoms. The molecule has 2 aromatic carbocycles. The molecule has 0 aliphatic carbocycles. The fraction of sp³-hybridized carbons (Fsp3) is 0.409. The van der Waals surface area contributed by atoms with Crippen LogP contribution in [-0.4, -0.2) is 20.9 Å². The Morgan fingerprint density at radius 1 is 1.04 bits per heavy atom. The smallest absolute Gasteiger partial charge is 0.311 e. The van der Waals surface area contributed by atoms with E-state index in [1.165, 1.54) is 31.7 Å². The van der Waals surface area contributed by atoms with Crippen molar-refractivity contribution in [3.63, 3.8) is 0 Å². The molecule has 0 bridgehead atoms. The van der Waals surface area contributed by atoms with Crippen LogP contribution < -0.4 is 0 Å². The molecule has 2 aromatic rings. The first-order valence-electron chi connectivity index (χ1n) is 9.86. The van der Waals surface area contributed by atoms with Crippen LogP contribution >= 0.6 is 0 Å². The van der Waals surface area contributed by atoms with Gasteiger partial charge in [0.1, 0.15) is 5.71 Å². The Morgan fingerprint density at radius 3 is 2.29 bits per heavy atom. The number of nitro groups is 1. The van der Waals surface area contributed by atoms with Crippen molar-refractivity contribution in [2.45, 2.75) is 58.3 Å². The summed E-state index contributed by atoms with van der Waals surface area (Å²) in [4.78, 5) is 10.8. The minimum atomic E-state index is -0.604. The molecule has 0 spiro atoms. The predicted molar refractivity (Wildman–Crippen MR) is 110 cm³/mol. The van der Waals surface area contributed by atoms with Gasteiger partial charge in [0, 0.05) is 11.6 Å². The van der Waals surface area contributed by atoms with Crippen molar-refractivity contribution in [3.8, 4) is 5.75 Å². The van der Waals surface area contributed by atoms with Gasteiger partial charge in [0.25, 0.3) is 0 Å². The van der Waals surface area contributed by atoms with Crippen molar-refractivity contribution in [1.82, 2.24) is 0 Å². The summed E-state index contributed by atoms with van der Waals surface area (Å²) < 4.78 is 0. The van der Waals surface area contributed by atoms with E-state index in [1.54, 1.807) is 30.3 Å². The van der Waals surface area contributed by atoms with Crippen molar-refractivity contribution >= 4 is 11.4 Å². The third-order valence-electron chi connectivity index (χ3n) is 4.82. The van der Waals surface area contributed by atoms with E-state index in [4.69, 9.17) is 0 Å². The number of phenols is 1. The average Bonchev–Trinajstić information content (AvgIpc) is 2.70. The Hall–Kier alpha value is -2.89. The van der Waals surface area contributed by atoms with Gasteiger partial charge in [-0.1, -0.05) is 80.9 Å². The van der Waals surface area contributed by atoms with Gasteiger partial charge >= 0.3 is 5.69 Å². The largest absolute Gasteiger partial charge is 0.502 e. The summed E-state index contributed by atoms with van der Waals surface area (Å²) in [5.41, 5.74) is 1.24. The van der Waals surface area contributed by atoms with Gasteiger partial charge in [0.2, 0.25) is 5.75 Å². The van der Waals surface area contributed by atoms with E-state index in [0.717, 1.165) is 24.8 Å². The van der Waals surface area contributed by atoms with E-state index in [0.29, 0.717) is 12.0 Å². The second-order valence-electron chi connectivity index (χ2n) is 6.95.